The first-order chi connectivity index (χ1) is 10.5. The molecule has 3 N–H and O–H groups in total. The van der Waals surface area contributed by atoms with Gasteiger partial charge in [-0.05, 0) is 38.0 Å². The van der Waals surface area contributed by atoms with Gasteiger partial charge in [0, 0.05) is 0 Å². The summed E-state index contributed by atoms with van der Waals surface area (Å²) in [4.78, 5) is 24.7. The second-order valence-corrected chi connectivity index (χ2v) is 6.85. The number of hydrogen-bond acceptors (Lipinski definition) is 5. The second kappa shape index (κ2) is 8.06. The maximum Gasteiger partial charge on any atom is 0.323 e. The average molecular weight is 310 g/mol. The van der Waals surface area contributed by atoms with Crippen LogP contribution in [0.5, 0.6) is 0 Å². The van der Waals surface area contributed by atoms with Gasteiger partial charge in [0.2, 0.25) is 0 Å². The molecule has 5 atom stereocenters. The molecule has 0 bridgehead atoms. The van der Waals surface area contributed by atoms with Crippen molar-refractivity contribution in [1.29, 1.82) is 0 Å². The number of unbranched alkanes of at least 4 members (excludes halogenated alkanes) is 1. The van der Waals surface area contributed by atoms with E-state index in [0.29, 0.717) is 18.4 Å². The lowest BCUT2D eigenvalue weighted by atomic mass is 9.68. The first kappa shape index (κ1) is 17.4. The highest BCUT2D eigenvalue weighted by Crippen LogP contribution is 2.39. The summed E-state index contributed by atoms with van der Waals surface area (Å²) in [5, 5.41) is 3.26. The van der Waals surface area contributed by atoms with Gasteiger partial charge in [-0.2, -0.15) is 0 Å². The van der Waals surface area contributed by atoms with Crippen LogP contribution in [-0.4, -0.2) is 36.5 Å². The molecule has 4 unspecified atom stereocenters. The molecule has 1 aliphatic heterocycles. The molecule has 126 valence electrons. The van der Waals surface area contributed by atoms with Gasteiger partial charge in [0.15, 0.2) is 5.78 Å². The van der Waals surface area contributed by atoms with Gasteiger partial charge in [0.1, 0.15) is 6.04 Å². The van der Waals surface area contributed by atoms with E-state index < -0.39 is 6.04 Å². The Labute approximate surface area is 133 Å². The number of Topliss-reactive ketones (excluding diaryl/α,β-unsaturated/α-hetero) is 1. The zero-order chi connectivity index (χ0) is 16.1. The molecule has 5 heteroatoms. The van der Waals surface area contributed by atoms with Crippen LogP contribution in [0.1, 0.15) is 58.8 Å². The smallest absolute Gasteiger partial charge is 0.323 e. The van der Waals surface area contributed by atoms with Gasteiger partial charge >= 0.3 is 5.97 Å². The van der Waals surface area contributed by atoms with E-state index in [1.807, 2.05) is 0 Å². The van der Waals surface area contributed by atoms with E-state index in [9.17, 15) is 9.59 Å². The van der Waals surface area contributed by atoms with Gasteiger partial charge in [0.05, 0.1) is 18.7 Å². The number of nitrogens with one attached hydrogen (secondary N) is 1. The molecule has 5 nitrogen and oxygen atoms in total. The molecule has 0 aromatic rings. The summed E-state index contributed by atoms with van der Waals surface area (Å²) in [6, 6.07) is -1.14. The van der Waals surface area contributed by atoms with E-state index in [4.69, 9.17) is 10.5 Å². The van der Waals surface area contributed by atoms with Crippen molar-refractivity contribution in [3.63, 3.8) is 0 Å². The van der Waals surface area contributed by atoms with E-state index in [2.05, 4.69) is 12.2 Å². The third kappa shape index (κ3) is 4.07. The molecular formula is C17H30N2O3. The molecule has 1 heterocycles. The van der Waals surface area contributed by atoms with Crippen LogP contribution in [0.4, 0.5) is 0 Å². The van der Waals surface area contributed by atoms with Gasteiger partial charge in [-0.15, -0.1) is 0 Å². The monoisotopic (exact) mass is 310 g/mol. The minimum absolute atomic E-state index is 0.0305. The van der Waals surface area contributed by atoms with Crippen molar-refractivity contribution in [2.75, 3.05) is 6.61 Å². The number of nitrogens with two attached hydrogens (primary N) is 1. The van der Waals surface area contributed by atoms with Crippen LogP contribution < -0.4 is 11.1 Å². The van der Waals surface area contributed by atoms with Crippen molar-refractivity contribution in [2.45, 2.75) is 76.9 Å². The molecule has 0 radical (unpaired) electrons. The lowest BCUT2D eigenvalue weighted by molar-refractivity contribution is -0.149. The highest BCUT2D eigenvalue weighted by molar-refractivity contribution is 5.90. The zero-order valence-corrected chi connectivity index (χ0v) is 13.8. The summed E-state index contributed by atoms with van der Waals surface area (Å²) in [7, 11) is 0. The van der Waals surface area contributed by atoms with E-state index in [1.54, 1.807) is 6.92 Å². The van der Waals surface area contributed by atoms with Crippen LogP contribution in [0.3, 0.4) is 0 Å². The minimum Gasteiger partial charge on any atom is -0.465 e. The molecule has 2 fully saturated rings. The summed E-state index contributed by atoms with van der Waals surface area (Å²) >= 11 is 0. The van der Waals surface area contributed by atoms with Crippen molar-refractivity contribution in [1.82, 2.24) is 5.32 Å². The standard InChI is InChI=1S/C17H30N2O3/c1-3-4-9-22-17(21)14-10-12-7-5-6-8-13(12)15(19-14)16(20)11(2)18/h11-15,19H,3-10,18H2,1-2H3/t11-,12?,13?,14?,15?/m0/s1. The Morgan fingerprint density at radius 1 is 1.32 bits per heavy atom. The molecule has 0 amide bonds. The van der Waals surface area contributed by atoms with Gasteiger partial charge < -0.3 is 10.5 Å². The lowest BCUT2D eigenvalue weighted by Crippen LogP contribution is -2.61. The van der Waals surface area contributed by atoms with Crippen molar-refractivity contribution in [2.24, 2.45) is 17.6 Å². The SMILES string of the molecule is CCCCOC(=O)C1CC2CCCCC2C(C(=O)[C@H](C)N)N1. The van der Waals surface area contributed by atoms with E-state index in [0.717, 1.165) is 38.5 Å². The number of esters is 1. The normalized spacial score (nSPS) is 32.9. The molecular weight excluding hydrogens is 280 g/mol. The largest absolute Gasteiger partial charge is 0.465 e. The summed E-state index contributed by atoms with van der Waals surface area (Å²) in [5.74, 6) is 0.585. The third-order valence-corrected chi connectivity index (χ3v) is 5.10. The number of fused-ring (bicyclic) bond motifs is 1. The number of ether oxygens (including phenoxy) is 1. The number of carbonyl (C=O) groups excluding carboxylic acids is 2. The van der Waals surface area contributed by atoms with E-state index in [1.165, 1.54) is 6.42 Å². The van der Waals surface area contributed by atoms with Crippen LogP contribution in [-0.2, 0) is 14.3 Å². The fourth-order valence-corrected chi connectivity index (χ4v) is 3.84. The second-order valence-electron chi connectivity index (χ2n) is 6.85. The maximum absolute atomic E-state index is 12.4. The molecule has 0 aromatic heterocycles. The van der Waals surface area contributed by atoms with Gasteiger partial charge in [-0.3, -0.25) is 14.9 Å². The fourth-order valence-electron chi connectivity index (χ4n) is 3.84. The molecule has 1 saturated carbocycles. The predicted octanol–water partition coefficient (Wildman–Crippen LogP) is 1.78. The summed E-state index contributed by atoms with van der Waals surface area (Å²) in [5.41, 5.74) is 5.80. The Morgan fingerprint density at radius 2 is 2.05 bits per heavy atom. The molecule has 22 heavy (non-hydrogen) atoms. The predicted molar refractivity (Wildman–Crippen MR) is 85.3 cm³/mol. The van der Waals surface area contributed by atoms with Crippen LogP contribution in [0.25, 0.3) is 0 Å². The molecule has 2 rings (SSSR count). The summed E-state index contributed by atoms with van der Waals surface area (Å²) in [6.45, 7) is 4.26. The van der Waals surface area contributed by atoms with E-state index >= 15 is 0 Å². The van der Waals surface area contributed by atoms with Crippen LogP contribution in [0.2, 0.25) is 0 Å². The number of carbonyl (C=O) groups is 2. The van der Waals surface area contributed by atoms with Crippen LogP contribution in [0, 0.1) is 11.8 Å². The number of rotatable bonds is 6. The highest BCUT2D eigenvalue weighted by Gasteiger charge is 2.44. The summed E-state index contributed by atoms with van der Waals surface area (Å²) in [6.07, 6.45) is 7.19. The van der Waals surface area contributed by atoms with Gasteiger partial charge in [0.25, 0.3) is 0 Å². The first-order valence-corrected chi connectivity index (χ1v) is 8.76. The molecule has 1 aliphatic carbocycles. The quantitative estimate of drug-likeness (QED) is 0.577. The Morgan fingerprint density at radius 3 is 2.73 bits per heavy atom. The highest BCUT2D eigenvalue weighted by atomic mass is 16.5. The van der Waals surface area contributed by atoms with Crippen molar-refractivity contribution < 1.29 is 14.3 Å². The molecule has 0 spiro atoms. The Hall–Kier alpha value is -0.940. The maximum atomic E-state index is 12.4. The average Bonchev–Trinajstić information content (AvgIpc) is 2.53. The number of ketones is 1. The Bertz CT molecular complexity index is 397. The first-order valence-electron chi connectivity index (χ1n) is 8.76. The van der Waals surface area contributed by atoms with Gasteiger partial charge in [-0.25, -0.2) is 0 Å². The molecule has 2 aliphatic rings. The van der Waals surface area contributed by atoms with Gasteiger partial charge in [-0.1, -0.05) is 32.6 Å². The lowest BCUT2D eigenvalue weighted by Gasteiger charge is -2.44. The Balaban J connectivity index is 2.04. The summed E-state index contributed by atoms with van der Waals surface area (Å²) < 4.78 is 5.35. The molecule has 1 saturated heterocycles. The van der Waals surface area contributed by atoms with Crippen LogP contribution in [0.15, 0.2) is 0 Å². The van der Waals surface area contributed by atoms with Crippen molar-refractivity contribution >= 4 is 11.8 Å². The minimum atomic E-state index is -0.491. The topological polar surface area (TPSA) is 81.4 Å². The Kier molecular flexibility index (Phi) is 6.38. The number of hydrogen-bond donors (Lipinski definition) is 2. The fraction of sp³-hybridized carbons (Fsp3) is 0.882. The molecule has 0 aromatic carbocycles. The van der Waals surface area contributed by atoms with Crippen molar-refractivity contribution in [3.8, 4) is 0 Å². The number of piperidine rings is 1. The third-order valence-electron chi connectivity index (χ3n) is 5.10. The zero-order valence-electron chi connectivity index (χ0n) is 13.8. The van der Waals surface area contributed by atoms with Crippen LogP contribution >= 0.6 is 0 Å². The van der Waals surface area contributed by atoms with Crippen molar-refractivity contribution in [3.05, 3.63) is 0 Å². The van der Waals surface area contributed by atoms with E-state index in [-0.39, 0.29) is 23.8 Å².